The number of rotatable bonds is 8. The smallest absolute Gasteiger partial charge is 0.323 e. The summed E-state index contributed by atoms with van der Waals surface area (Å²) in [7, 11) is 2.17. The highest BCUT2D eigenvalue weighted by molar-refractivity contribution is 6.02. The topological polar surface area (TPSA) is 103 Å². The summed E-state index contributed by atoms with van der Waals surface area (Å²) < 4.78 is 26.1. The summed E-state index contributed by atoms with van der Waals surface area (Å²) in [4.78, 5) is 31.2. The van der Waals surface area contributed by atoms with Gasteiger partial charge in [0.2, 0.25) is 0 Å². The summed E-state index contributed by atoms with van der Waals surface area (Å²) in [6, 6.07) is 9.51. The van der Waals surface area contributed by atoms with Crippen molar-refractivity contribution in [2.45, 2.75) is 90.4 Å². The molecule has 1 saturated carbocycles. The normalized spacial score (nSPS) is 22.8. The minimum atomic E-state index is -0.527. The lowest BCUT2D eigenvalue weighted by molar-refractivity contribution is -0.0190. The van der Waals surface area contributed by atoms with Gasteiger partial charge in [0.1, 0.15) is 11.6 Å². The Morgan fingerprint density at radius 2 is 1.67 bits per heavy atom. The number of likely N-dealkylation sites (N-methyl/N-ethyl adjacent to an activating group) is 1. The van der Waals surface area contributed by atoms with Gasteiger partial charge >= 0.3 is 6.03 Å². The largest absolute Gasteiger partial charge is 0.490 e. The average molecular weight is 641 g/mol. The Kier molecular flexibility index (Phi) is 13.7. The van der Waals surface area contributed by atoms with E-state index in [4.69, 9.17) is 9.47 Å². The molecule has 4 atom stereocenters. The number of nitrogens with zero attached hydrogens (tertiary/aromatic N) is 2. The Hall–Kier alpha value is -3.21. The highest BCUT2D eigenvalue weighted by Crippen LogP contribution is 2.29. The maximum atomic E-state index is 14.3. The van der Waals surface area contributed by atoms with Gasteiger partial charge < -0.3 is 35.0 Å². The van der Waals surface area contributed by atoms with Crippen molar-refractivity contribution < 1.29 is 28.6 Å². The second-order valence-electron chi connectivity index (χ2n) is 13.3. The van der Waals surface area contributed by atoms with Crippen molar-refractivity contribution in [3.05, 3.63) is 53.8 Å². The fourth-order valence-corrected chi connectivity index (χ4v) is 6.48. The van der Waals surface area contributed by atoms with Gasteiger partial charge in [0.15, 0.2) is 0 Å². The molecule has 0 radical (unpaired) electrons. The molecule has 0 bridgehead atoms. The van der Waals surface area contributed by atoms with Crippen LogP contribution in [-0.4, -0.2) is 85.0 Å². The Balaban J connectivity index is 1.56. The number of urea groups is 1. The van der Waals surface area contributed by atoms with Gasteiger partial charge in [-0.2, -0.15) is 0 Å². The zero-order chi connectivity index (χ0) is 33.1. The number of benzene rings is 2. The number of halogens is 1. The predicted molar refractivity (Wildman–Crippen MR) is 180 cm³/mol. The van der Waals surface area contributed by atoms with E-state index in [0.29, 0.717) is 35.8 Å². The molecule has 0 spiro atoms. The number of carbonyl (C=O) groups excluding carboxylic acids is 2. The molecule has 0 saturated heterocycles. The van der Waals surface area contributed by atoms with Crippen LogP contribution < -0.4 is 15.4 Å². The van der Waals surface area contributed by atoms with E-state index < -0.39 is 17.9 Å². The Labute approximate surface area is 273 Å². The molecule has 0 unspecified atom stereocenters. The maximum Gasteiger partial charge on any atom is 0.323 e. The number of hydrogen-bond donors (Lipinski definition) is 3. The van der Waals surface area contributed by atoms with E-state index in [1.165, 1.54) is 56.4 Å². The summed E-state index contributed by atoms with van der Waals surface area (Å²) >= 11 is 0. The molecule has 254 valence electrons. The SMILES string of the molecule is C[C@@H]1CCCCO[C@@H](CN(C)CC2CCCCC2)[C@@H](C)CN([C@H](C)CO)C(=O)c2cc(NC(=O)Nc3ccc(F)cc3)ccc2O1. The molecule has 46 heavy (non-hydrogen) atoms. The van der Waals surface area contributed by atoms with Crippen LogP contribution in [0.3, 0.4) is 0 Å². The number of carbonyl (C=O) groups is 2. The molecule has 9 nitrogen and oxygen atoms in total. The number of hydrogen-bond acceptors (Lipinski definition) is 6. The van der Waals surface area contributed by atoms with Crippen LogP contribution in [0, 0.1) is 17.7 Å². The van der Waals surface area contributed by atoms with Crippen LogP contribution in [0.5, 0.6) is 5.75 Å². The van der Waals surface area contributed by atoms with Gasteiger partial charge in [0.05, 0.1) is 30.4 Å². The molecule has 2 aliphatic rings. The van der Waals surface area contributed by atoms with Gasteiger partial charge in [-0.05, 0) is 101 Å². The summed E-state index contributed by atoms with van der Waals surface area (Å²) in [6.45, 7) is 8.61. The van der Waals surface area contributed by atoms with Gasteiger partial charge in [0, 0.05) is 43.5 Å². The van der Waals surface area contributed by atoms with Gasteiger partial charge in [-0.3, -0.25) is 4.79 Å². The lowest BCUT2D eigenvalue weighted by Gasteiger charge is -2.36. The number of aliphatic hydroxyl groups is 1. The van der Waals surface area contributed by atoms with Gasteiger partial charge in [-0.15, -0.1) is 0 Å². The highest BCUT2D eigenvalue weighted by Gasteiger charge is 2.31. The van der Waals surface area contributed by atoms with Crippen molar-refractivity contribution in [3.8, 4) is 5.75 Å². The quantitative estimate of drug-likeness (QED) is 0.294. The second-order valence-corrected chi connectivity index (χ2v) is 13.3. The third-order valence-electron chi connectivity index (χ3n) is 9.20. The summed E-state index contributed by atoms with van der Waals surface area (Å²) in [5.41, 5.74) is 1.14. The fourth-order valence-electron chi connectivity index (χ4n) is 6.48. The van der Waals surface area contributed by atoms with Crippen molar-refractivity contribution in [1.29, 1.82) is 0 Å². The van der Waals surface area contributed by atoms with Gasteiger partial charge in [-0.25, -0.2) is 9.18 Å². The summed E-state index contributed by atoms with van der Waals surface area (Å²) in [6.07, 6.45) is 8.95. The summed E-state index contributed by atoms with van der Waals surface area (Å²) in [5.74, 6) is 0.469. The van der Waals surface area contributed by atoms with Crippen molar-refractivity contribution >= 4 is 23.3 Å². The number of nitrogens with one attached hydrogen (secondary N) is 2. The van der Waals surface area contributed by atoms with E-state index in [0.717, 1.165) is 38.3 Å². The molecule has 4 rings (SSSR count). The van der Waals surface area contributed by atoms with Crippen molar-refractivity contribution in [2.75, 3.05) is 50.5 Å². The fraction of sp³-hybridized carbons (Fsp3) is 0.611. The first-order chi connectivity index (χ1) is 22.1. The Bertz CT molecular complexity index is 1260. The summed E-state index contributed by atoms with van der Waals surface area (Å²) in [5, 5.41) is 15.7. The van der Waals surface area contributed by atoms with Gasteiger partial charge in [-0.1, -0.05) is 26.2 Å². The third kappa shape index (κ3) is 10.7. The highest BCUT2D eigenvalue weighted by atomic mass is 19.1. The van der Waals surface area contributed by atoms with Crippen LogP contribution in [-0.2, 0) is 4.74 Å². The maximum absolute atomic E-state index is 14.3. The van der Waals surface area contributed by atoms with E-state index in [-0.39, 0.29) is 30.6 Å². The molecule has 1 fully saturated rings. The van der Waals surface area contributed by atoms with Gasteiger partial charge in [0.25, 0.3) is 5.91 Å². The van der Waals surface area contributed by atoms with Crippen molar-refractivity contribution in [3.63, 3.8) is 0 Å². The van der Waals surface area contributed by atoms with Crippen molar-refractivity contribution in [2.24, 2.45) is 11.8 Å². The lowest BCUT2D eigenvalue weighted by atomic mass is 9.89. The molecule has 1 aliphatic carbocycles. The van der Waals surface area contributed by atoms with Crippen LogP contribution >= 0.6 is 0 Å². The molecule has 2 aromatic carbocycles. The number of anilines is 2. The molecular weight excluding hydrogens is 587 g/mol. The standard InChI is InChI=1S/C36H53FN4O5/c1-25-21-41(26(2)24-42)35(43)32-20-31(39-36(44)38-30-15-13-29(37)14-16-30)17-18-33(32)46-27(3)10-8-9-19-45-34(25)23-40(4)22-28-11-6-5-7-12-28/h13-18,20,25-28,34,42H,5-12,19,21-24H2,1-4H3,(H2,38,39,44)/t25-,26+,27+,34-/m0/s1. The third-order valence-corrected chi connectivity index (χ3v) is 9.20. The van der Waals surface area contributed by atoms with Crippen LogP contribution in [0.2, 0.25) is 0 Å². The minimum absolute atomic E-state index is 0.000725. The molecule has 3 N–H and O–H groups in total. The van der Waals surface area contributed by atoms with Crippen LogP contribution in [0.1, 0.15) is 82.5 Å². The van der Waals surface area contributed by atoms with E-state index in [1.54, 1.807) is 23.1 Å². The first kappa shape index (κ1) is 35.6. The van der Waals surface area contributed by atoms with E-state index >= 15 is 0 Å². The second kappa shape index (κ2) is 17.6. The predicted octanol–water partition coefficient (Wildman–Crippen LogP) is 6.78. The van der Waals surface area contributed by atoms with Crippen LogP contribution in [0.15, 0.2) is 42.5 Å². The van der Waals surface area contributed by atoms with E-state index in [9.17, 15) is 19.1 Å². The van der Waals surface area contributed by atoms with E-state index in [1.807, 2.05) is 13.8 Å². The molecule has 2 aromatic rings. The van der Waals surface area contributed by atoms with E-state index in [2.05, 4.69) is 29.5 Å². The number of amides is 3. The van der Waals surface area contributed by atoms with Crippen LogP contribution in [0.4, 0.5) is 20.6 Å². The monoisotopic (exact) mass is 640 g/mol. The molecule has 3 amide bonds. The molecule has 1 aliphatic heterocycles. The van der Waals surface area contributed by atoms with Crippen molar-refractivity contribution in [1.82, 2.24) is 9.80 Å². The molecular formula is C36H53FN4O5. The lowest BCUT2D eigenvalue weighted by Crippen LogP contribution is -2.47. The number of aliphatic hydroxyl groups excluding tert-OH is 1. The Morgan fingerprint density at radius 3 is 2.39 bits per heavy atom. The van der Waals surface area contributed by atoms with Crippen LogP contribution in [0.25, 0.3) is 0 Å². The minimum Gasteiger partial charge on any atom is -0.490 e. The first-order valence-corrected chi connectivity index (χ1v) is 17.0. The molecule has 0 aromatic heterocycles. The number of ether oxygens (including phenoxy) is 2. The zero-order valence-corrected chi connectivity index (χ0v) is 28.0. The average Bonchev–Trinajstić information content (AvgIpc) is 3.04. The Morgan fingerprint density at radius 1 is 1.00 bits per heavy atom. The number of fused-ring (bicyclic) bond motifs is 1. The molecule has 10 heteroatoms. The first-order valence-electron chi connectivity index (χ1n) is 17.0. The molecule has 1 heterocycles. The zero-order valence-electron chi connectivity index (χ0n) is 28.0.